The monoisotopic (exact) mass is 182 g/mol. The summed E-state index contributed by atoms with van der Waals surface area (Å²) >= 11 is 0. The summed E-state index contributed by atoms with van der Waals surface area (Å²) in [7, 11) is 2.24. The first-order valence-electron chi connectivity index (χ1n) is 5.68. The van der Waals surface area contributed by atoms with Crippen molar-refractivity contribution < 1.29 is 0 Å². The number of nitrogens with zero attached hydrogens (tertiary/aromatic N) is 2. The molecule has 2 aliphatic heterocycles. The van der Waals surface area contributed by atoms with Crippen molar-refractivity contribution in [1.82, 2.24) is 9.80 Å². The van der Waals surface area contributed by atoms with Gasteiger partial charge < -0.3 is 4.90 Å². The lowest BCUT2D eigenvalue weighted by atomic mass is 9.98. The van der Waals surface area contributed by atoms with E-state index < -0.39 is 0 Å². The van der Waals surface area contributed by atoms with Crippen LogP contribution in [-0.2, 0) is 0 Å². The normalized spacial score (nSPS) is 34.2. The summed E-state index contributed by atoms with van der Waals surface area (Å²) in [6.07, 6.45) is 4.23. The predicted octanol–water partition coefficient (Wildman–Crippen LogP) is 1.42. The fourth-order valence-electron chi connectivity index (χ4n) is 2.60. The van der Waals surface area contributed by atoms with Crippen LogP contribution in [-0.4, -0.2) is 49.1 Å². The van der Waals surface area contributed by atoms with Crippen LogP contribution in [0, 0.1) is 5.92 Å². The molecule has 2 nitrogen and oxygen atoms in total. The van der Waals surface area contributed by atoms with Gasteiger partial charge in [0.1, 0.15) is 0 Å². The van der Waals surface area contributed by atoms with Gasteiger partial charge in [0, 0.05) is 12.6 Å². The van der Waals surface area contributed by atoms with E-state index in [4.69, 9.17) is 0 Å². The maximum absolute atomic E-state index is 2.71. The highest BCUT2D eigenvalue weighted by atomic mass is 15.2. The lowest BCUT2D eigenvalue weighted by Gasteiger charge is -2.34. The number of piperidine rings is 1. The minimum Gasteiger partial charge on any atom is -0.305 e. The molecule has 0 radical (unpaired) electrons. The van der Waals surface area contributed by atoms with Crippen LogP contribution >= 0.6 is 0 Å². The molecule has 1 atom stereocenters. The molecule has 1 unspecified atom stereocenters. The van der Waals surface area contributed by atoms with E-state index in [-0.39, 0.29) is 0 Å². The Kier molecular flexibility index (Phi) is 2.89. The van der Waals surface area contributed by atoms with E-state index in [1.807, 2.05) is 0 Å². The van der Waals surface area contributed by atoms with Crippen molar-refractivity contribution >= 4 is 0 Å². The third kappa shape index (κ3) is 2.23. The van der Waals surface area contributed by atoms with Crippen LogP contribution in [0.25, 0.3) is 0 Å². The largest absolute Gasteiger partial charge is 0.305 e. The van der Waals surface area contributed by atoms with Gasteiger partial charge in [0.05, 0.1) is 0 Å². The van der Waals surface area contributed by atoms with E-state index in [1.54, 1.807) is 0 Å². The molecular weight excluding hydrogens is 160 g/mol. The van der Waals surface area contributed by atoms with E-state index in [0.29, 0.717) is 0 Å². The Labute approximate surface area is 81.9 Å². The molecular formula is C11H22N2. The standard InChI is InChI=1S/C11H22N2/c1-10-3-7-13(8-4-10)11-5-6-12(2)9-11/h10-11H,3-9H2,1-2H3. The second kappa shape index (κ2) is 3.97. The highest BCUT2D eigenvalue weighted by Crippen LogP contribution is 2.22. The summed E-state index contributed by atoms with van der Waals surface area (Å²) < 4.78 is 0. The molecule has 0 spiro atoms. The average molecular weight is 182 g/mol. The first kappa shape index (κ1) is 9.47. The number of rotatable bonds is 1. The van der Waals surface area contributed by atoms with Crippen LogP contribution in [0.3, 0.4) is 0 Å². The lowest BCUT2D eigenvalue weighted by Crippen LogP contribution is -2.42. The molecule has 76 valence electrons. The molecule has 0 amide bonds. The van der Waals surface area contributed by atoms with Gasteiger partial charge in [0.15, 0.2) is 0 Å². The molecule has 0 aromatic heterocycles. The molecule has 0 aromatic rings. The van der Waals surface area contributed by atoms with Gasteiger partial charge in [-0.05, 0) is 51.9 Å². The van der Waals surface area contributed by atoms with Gasteiger partial charge >= 0.3 is 0 Å². The van der Waals surface area contributed by atoms with Gasteiger partial charge in [-0.1, -0.05) is 6.92 Å². The zero-order chi connectivity index (χ0) is 9.26. The number of likely N-dealkylation sites (N-methyl/N-ethyl adjacent to an activating group) is 1. The van der Waals surface area contributed by atoms with Gasteiger partial charge in [-0.2, -0.15) is 0 Å². The van der Waals surface area contributed by atoms with E-state index in [9.17, 15) is 0 Å². The topological polar surface area (TPSA) is 6.48 Å². The molecule has 2 heterocycles. The summed E-state index contributed by atoms with van der Waals surface area (Å²) in [5, 5.41) is 0. The number of likely N-dealkylation sites (tertiary alicyclic amines) is 2. The van der Waals surface area contributed by atoms with Crippen LogP contribution in [0.15, 0.2) is 0 Å². The molecule has 2 rings (SSSR count). The average Bonchev–Trinajstić information content (AvgIpc) is 2.53. The van der Waals surface area contributed by atoms with Crippen molar-refractivity contribution in [2.45, 2.75) is 32.2 Å². The molecule has 2 fully saturated rings. The summed E-state index contributed by atoms with van der Waals surface area (Å²) in [6.45, 7) is 7.68. The second-order valence-electron chi connectivity index (χ2n) is 4.92. The first-order chi connectivity index (χ1) is 6.25. The summed E-state index contributed by atoms with van der Waals surface area (Å²) in [4.78, 5) is 5.17. The first-order valence-corrected chi connectivity index (χ1v) is 5.68. The maximum Gasteiger partial charge on any atom is 0.0235 e. The highest BCUT2D eigenvalue weighted by molar-refractivity contribution is 4.84. The van der Waals surface area contributed by atoms with Crippen LogP contribution in [0.4, 0.5) is 0 Å². The van der Waals surface area contributed by atoms with Crippen molar-refractivity contribution in [2.75, 3.05) is 33.2 Å². The van der Waals surface area contributed by atoms with Gasteiger partial charge in [-0.3, -0.25) is 4.90 Å². The van der Waals surface area contributed by atoms with Crippen molar-refractivity contribution in [3.63, 3.8) is 0 Å². The van der Waals surface area contributed by atoms with Crippen LogP contribution in [0.5, 0.6) is 0 Å². The Morgan fingerprint density at radius 1 is 1.00 bits per heavy atom. The predicted molar refractivity (Wildman–Crippen MR) is 55.9 cm³/mol. The van der Waals surface area contributed by atoms with Crippen LogP contribution in [0.1, 0.15) is 26.2 Å². The molecule has 2 heteroatoms. The van der Waals surface area contributed by atoms with E-state index in [0.717, 1.165) is 12.0 Å². The Bertz CT molecular complexity index is 161. The van der Waals surface area contributed by atoms with Gasteiger partial charge in [-0.25, -0.2) is 0 Å². The fraction of sp³-hybridized carbons (Fsp3) is 1.00. The highest BCUT2D eigenvalue weighted by Gasteiger charge is 2.27. The zero-order valence-electron chi connectivity index (χ0n) is 9.00. The molecule has 0 bridgehead atoms. The molecule has 0 aliphatic carbocycles. The van der Waals surface area contributed by atoms with E-state index in [1.165, 1.54) is 45.4 Å². The van der Waals surface area contributed by atoms with Gasteiger partial charge in [0.25, 0.3) is 0 Å². The summed E-state index contributed by atoms with van der Waals surface area (Å²) in [6, 6.07) is 0.873. The maximum atomic E-state index is 2.71. The molecule has 2 saturated heterocycles. The number of hydrogen-bond donors (Lipinski definition) is 0. The minimum absolute atomic E-state index is 0.873. The minimum atomic E-state index is 0.873. The summed E-state index contributed by atoms with van der Waals surface area (Å²) in [5.41, 5.74) is 0. The van der Waals surface area contributed by atoms with Crippen molar-refractivity contribution in [2.24, 2.45) is 5.92 Å². The van der Waals surface area contributed by atoms with Gasteiger partial charge in [-0.15, -0.1) is 0 Å². The van der Waals surface area contributed by atoms with Crippen molar-refractivity contribution in [3.05, 3.63) is 0 Å². The fourth-order valence-corrected chi connectivity index (χ4v) is 2.60. The molecule has 0 saturated carbocycles. The molecule has 0 N–H and O–H groups in total. The van der Waals surface area contributed by atoms with Crippen molar-refractivity contribution in [3.8, 4) is 0 Å². The second-order valence-corrected chi connectivity index (χ2v) is 4.92. The van der Waals surface area contributed by atoms with Crippen LogP contribution < -0.4 is 0 Å². The van der Waals surface area contributed by atoms with E-state index >= 15 is 0 Å². The van der Waals surface area contributed by atoms with Gasteiger partial charge in [0.2, 0.25) is 0 Å². The Hall–Kier alpha value is -0.0800. The Balaban J connectivity index is 1.81. The van der Waals surface area contributed by atoms with E-state index in [2.05, 4.69) is 23.8 Å². The molecule has 13 heavy (non-hydrogen) atoms. The Morgan fingerprint density at radius 3 is 2.23 bits per heavy atom. The SMILES string of the molecule is CC1CCN(C2CCN(C)C2)CC1. The third-order valence-corrected chi connectivity index (χ3v) is 3.70. The smallest absolute Gasteiger partial charge is 0.0235 e. The summed E-state index contributed by atoms with van der Waals surface area (Å²) in [5.74, 6) is 0.968. The molecule has 0 aromatic carbocycles. The zero-order valence-corrected chi connectivity index (χ0v) is 9.00. The van der Waals surface area contributed by atoms with Crippen molar-refractivity contribution in [1.29, 1.82) is 0 Å². The Morgan fingerprint density at radius 2 is 1.69 bits per heavy atom. The molecule has 2 aliphatic rings. The quantitative estimate of drug-likeness (QED) is 0.605. The lowest BCUT2D eigenvalue weighted by molar-refractivity contribution is 0.140. The third-order valence-electron chi connectivity index (χ3n) is 3.70. The number of hydrogen-bond acceptors (Lipinski definition) is 2. The van der Waals surface area contributed by atoms with Crippen LogP contribution in [0.2, 0.25) is 0 Å².